The number of halogens is 1. The summed E-state index contributed by atoms with van der Waals surface area (Å²) in [5.74, 6) is -0.0537. The Kier molecular flexibility index (Phi) is 4.17. The molecule has 0 atom stereocenters. The first-order valence-electron chi connectivity index (χ1n) is 4.71. The Hall–Kier alpha value is -1.95. The van der Waals surface area contributed by atoms with E-state index in [0.29, 0.717) is 16.3 Å². The molecule has 0 aliphatic carbocycles. The van der Waals surface area contributed by atoms with Gasteiger partial charge in [-0.15, -0.1) is 0 Å². The van der Waals surface area contributed by atoms with Gasteiger partial charge in [0.2, 0.25) is 0 Å². The molecule has 0 saturated heterocycles. The summed E-state index contributed by atoms with van der Waals surface area (Å²) in [5, 5.41) is 14.4. The Morgan fingerprint density at radius 3 is 2.71 bits per heavy atom. The van der Waals surface area contributed by atoms with Gasteiger partial charge in [-0.2, -0.15) is 0 Å². The van der Waals surface area contributed by atoms with E-state index < -0.39 is 0 Å². The molecule has 0 unspecified atom stereocenters. The molecule has 4 N–H and O–H groups in total. The van der Waals surface area contributed by atoms with Crippen LogP contribution in [0.4, 0.5) is 10.5 Å². The van der Waals surface area contributed by atoms with Gasteiger partial charge in [0, 0.05) is 19.7 Å². The lowest BCUT2D eigenvalue weighted by molar-refractivity contribution is 0.230. The van der Waals surface area contributed by atoms with Gasteiger partial charge in [0.15, 0.2) is 5.84 Å². The average molecular weight is 257 g/mol. The van der Waals surface area contributed by atoms with Crippen molar-refractivity contribution >= 4 is 29.2 Å². The summed E-state index contributed by atoms with van der Waals surface area (Å²) in [4.78, 5) is 12.8. The fraction of sp³-hybridized carbons (Fsp3) is 0.200. The summed E-state index contributed by atoms with van der Waals surface area (Å²) < 4.78 is 0. The standard InChI is InChI=1S/C10H13ClN4O2/c1-15(2)10(16)13-8-5-6(9(12)14-17)3-4-7(8)11/h3-5,17H,1-2H3,(H2,12,14)(H,13,16). The number of oxime groups is 1. The van der Waals surface area contributed by atoms with Crippen LogP contribution in [-0.4, -0.2) is 36.1 Å². The molecule has 92 valence electrons. The van der Waals surface area contributed by atoms with Crippen LogP contribution in [0.1, 0.15) is 5.56 Å². The minimum absolute atomic E-state index is 0.0537. The lowest BCUT2D eigenvalue weighted by atomic mass is 10.2. The quantitative estimate of drug-likeness (QED) is 0.324. The van der Waals surface area contributed by atoms with E-state index in [4.69, 9.17) is 22.5 Å². The van der Waals surface area contributed by atoms with Gasteiger partial charge in [-0.05, 0) is 18.2 Å². The molecular formula is C10H13ClN4O2. The molecule has 0 aromatic heterocycles. The number of nitrogens with two attached hydrogens (primary N) is 1. The Morgan fingerprint density at radius 1 is 1.53 bits per heavy atom. The lowest BCUT2D eigenvalue weighted by Crippen LogP contribution is -2.27. The van der Waals surface area contributed by atoms with Crippen molar-refractivity contribution in [2.24, 2.45) is 10.9 Å². The van der Waals surface area contributed by atoms with E-state index in [9.17, 15) is 4.79 Å². The zero-order chi connectivity index (χ0) is 13.0. The Labute approximate surface area is 104 Å². The number of carbonyl (C=O) groups is 1. The zero-order valence-corrected chi connectivity index (χ0v) is 10.2. The van der Waals surface area contributed by atoms with E-state index in [1.807, 2.05) is 0 Å². The first-order chi connectivity index (χ1) is 7.95. The third-order valence-corrected chi connectivity index (χ3v) is 2.35. The van der Waals surface area contributed by atoms with Crippen LogP contribution in [0, 0.1) is 0 Å². The maximum Gasteiger partial charge on any atom is 0.321 e. The summed E-state index contributed by atoms with van der Waals surface area (Å²) in [5.41, 5.74) is 6.30. The largest absolute Gasteiger partial charge is 0.409 e. The van der Waals surface area contributed by atoms with Gasteiger partial charge in [-0.25, -0.2) is 4.79 Å². The molecule has 6 nitrogen and oxygen atoms in total. The maximum absolute atomic E-state index is 11.5. The highest BCUT2D eigenvalue weighted by Crippen LogP contribution is 2.23. The van der Waals surface area contributed by atoms with Gasteiger partial charge in [-0.1, -0.05) is 16.8 Å². The Bertz CT molecular complexity index is 460. The molecule has 0 radical (unpaired) electrons. The molecule has 1 rings (SSSR count). The van der Waals surface area contributed by atoms with Crippen LogP contribution in [0.3, 0.4) is 0 Å². The highest BCUT2D eigenvalue weighted by molar-refractivity contribution is 6.33. The highest BCUT2D eigenvalue weighted by Gasteiger charge is 2.09. The number of urea groups is 1. The molecule has 17 heavy (non-hydrogen) atoms. The number of anilines is 1. The van der Waals surface area contributed by atoms with Crippen molar-refractivity contribution in [1.82, 2.24) is 4.90 Å². The van der Waals surface area contributed by atoms with E-state index in [1.165, 1.54) is 11.0 Å². The molecule has 0 aliphatic heterocycles. The van der Waals surface area contributed by atoms with Gasteiger partial charge in [-0.3, -0.25) is 0 Å². The van der Waals surface area contributed by atoms with Crippen molar-refractivity contribution in [2.45, 2.75) is 0 Å². The summed E-state index contributed by atoms with van der Waals surface area (Å²) in [6.45, 7) is 0. The smallest absolute Gasteiger partial charge is 0.321 e. The molecular weight excluding hydrogens is 244 g/mol. The predicted molar refractivity (Wildman–Crippen MR) is 66.7 cm³/mol. The number of benzene rings is 1. The second-order valence-corrected chi connectivity index (χ2v) is 3.91. The monoisotopic (exact) mass is 256 g/mol. The minimum Gasteiger partial charge on any atom is -0.409 e. The van der Waals surface area contributed by atoms with E-state index in [-0.39, 0.29) is 11.9 Å². The number of amides is 2. The van der Waals surface area contributed by atoms with Crippen molar-refractivity contribution in [3.63, 3.8) is 0 Å². The molecule has 1 aromatic carbocycles. The fourth-order valence-electron chi connectivity index (χ4n) is 1.07. The summed E-state index contributed by atoms with van der Waals surface area (Å²) >= 11 is 5.92. The zero-order valence-electron chi connectivity index (χ0n) is 9.44. The number of amidine groups is 1. The van der Waals surface area contributed by atoms with Gasteiger partial charge >= 0.3 is 6.03 Å². The van der Waals surface area contributed by atoms with Gasteiger partial charge in [0.1, 0.15) is 0 Å². The summed E-state index contributed by atoms with van der Waals surface area (Å²) in [6, 6.07) is 4.35. The summed E-state index contributed by atoms with van der Waals surface area (Å²) in [6.07, 6.45) is 0. The first-order valence-corrected chi connectivity index (χ1v) is 5.09. The number of hydrogen-bond acceptors (Lipinski definition) is 3. The lowest BCUT2D eigenvalue weighted by Gasteiger charge is -2.13. The van der Waals surface area contributed by atoms with Crippen molar-refractivity contribution in [3.05, 3.63) is 28.8 Å². The van der Waals surface area contributed by atoms with E-state index >= 15 is 0 Å². The van der Waals surface area contributed by atoms with Crippen molar-refractivity contribution in [3.8, 4) is 0 Å². The molecule has 7 heteroatoms. The van der Waals surface area contributed by atoms with Gasteiger partial charge in [0.25, 0.3) is 0 Å². The van der Waals surface area contributed by atoms with Crippen LogP contribution < -0.4 is 11.1 Å². The maximum atomic E-state index is 11.5. The van der Waals surface area contributed by atoms with Crippen LogP contribution in [0.25, 0.3) is 0 Å². The second kappa shape index (κ2) is 5.40. The summed E-state index contributed by atoms with van der Waals surface area (Å²) in [7, 11) is 3.22. The Morgan fingerprint density at radius 2 is 2.18 bits per heavy atom. The Balaban J connectivity index is 3.03. The SMILES string of the molecule is CN(C)C(=O)Nc1cc(C(N)=NO)ccc1Cl. The molecule has 0 spiro atoms. The third-order valence-electron chi connectivity index (χ3n) is 2.02. The number of nitrogens with one attached hydrogen (secondary N) is 1. The highest BCUT2D eigenvalue weighted by atomic mass is 35.5. The van der Waals surface area contributed by atoms with E-state index in [0.717, 1.165) is 0 Å². The topological polar surface area (TPSA) is 91.0 Å². The third kappa shape index (κ3) is 3.25. The number of hydrogen-bond donors (Lipinski definition) is 3. The van der Waals surface area contributed by atoms with Gasteiger partial charge < -0.3 is 21.2 Å². The first kappa shape index (κ1) is 13.1. The van der Waals surface area contributed by atoms with Crippen LogP contribution in [0.2, 0.25) is 5.02 Å². The average Bonchev–Trinajstić information content (AvgIpc) is 2.30. The van der Waals surface area contributed by atoms with E-state index in [2.05, 4.69) is 10.5 Å². The van der Waals surface area contributed by atoms with Crippen LogP contribution >= 0.6 is 11.6 Å². The molecule has 0 bridgehead atoms. The number of nitrogens with zero attached hydrogens (tertiary/aromatic N) is 2. The molecule has 0 fully saturated rings. The van der Waals surface area contributed by atoms with Crippen LogP contribution in [-0.2, 0) is 0 Å². The predicted octanol–water partition coefficient (Wildman–Crippen LogP) is 1.53. The van der Waals surface area contributed by atoms with Gasteiger partial charge in [0.05, 0.1) is 10.7 Å². The normalized spacial score (nSPS) is 11.1. The minimum atomic E-state index is -0.316. The second-order valence-electron chi connectivity index (χ2n) is 3.50. The molecule has 0 aliphatic rings. The molecule has 2 amide bonds. The van der Waals surface area contributed by atoms with Crippen LogP contribution in [0.5, 0.6) is 0 Å². The molecule has 0 saturated carbocycles. The van der Waals surface area contributed by atoms with Crippen molar-refractivity contribution in [2.75, 3.05) is 19.4 Å². The van der Waals surface area contributed by atoms with E-state index in [1.54, 1.807) is 26.2 Å². The fourth-order valence-corrected chi connectivity index (χ4v) is 1.23. The number of rotatable bonds is 2. The molecule has 1 aromatic rings. The van der Waals surface area contributed by atoms with Crippen molar-refractivity contribution < 1.29 is 10.0 Å². The number of carbonyl (C=O) groups excluding carboxylic acids is 1. The van der Waals surface area contributed by atoms with Crippen molar-refractivity contribution in [1.29, 1.82) is 0 Å². The molecule has 0 heterocycles. The van der Waals surface area contributed by atoms with Crippen LogP contribution in [0.15, 0.2) is 23.4 Å².